The highest BCUT2D eigenvalue weighted by molar-refractivity contribution is 14.1. The molecule has 0 aromatic heterocycles. The lowest BCUT2D eigenvalue weighted by atomic mass is 9.97. The first-order valence-electron chi connectivity index (χ1n) is 12.9. The van der Waals surface area contributed by atoms with Crippen LogP contribution in [0.3, 0.4) is 0 Å². The van der Waals surface area contributed by atoms with Crippen LogP contribution in [0.2, 0.25) is 10.0 Å². The molecule has 40 heavy (non-hydrogen) atoms. The molecule has 208 valence electrons. The molecular formula is C29H28Cl2IN5O3. The zero-order valence-electron chi connectivity index (χ0n) is 21.7. The lowest BCUT2D eigenvalue weighted by Crippen LogP contribution is -2.51. The number of nitrogens with zero attached hydrogens (tertiary/aromatic N) is 3. The summed E-state index contributed by atoms with van der Waals surface area (Å²) in [5.41, 5.74) is 8.73. The van der Waals surface area contributed by atoms with Gasteiger partial charge in [-0.05, 0) is 83.1 Å². The number of amides is 3. The Kier molecular flexibility index (Phi) is 8.55. The maximum atomic E-state index is 14.6. The minimum atomic E-state index is -1.05. The third-order valence-corrected chi connectivity index (χ3v) is 8.52. The van der Waals surface area contributed by atoms with Gasteiger partial charge < -0.3 is 25.8 Å². The highest BCUT2D eigenvalue weighted by Gasteiger charge is 2.44. The van der Waals surface area contributed by atoms with Crippen LogP contribution in [0, 0.1) is 3.57 Å². The van der Waals surface area contributed by atoms with E-state index in [-0.39, 0.29) is 18.4 Å². The molecule has 2 atom stereocenters. The quantitative estimate of drug-likeness (QED) is 0.293. The molecule has 0 radical (unpaired) electrons. The predicted molar refractivity (Wildman–Crippen MR) is 166 cm³/mol. The van der Waals surface area contributed by atoms with Crippen molar-refractivity contribution in [3.8, 4) is 0 Å². The minimum Gasteiger partial charge on any atom is -0.398 e. The van der Waals surface area contributed by atoms with Crippen molar-refractivity contribution in [3.05, 3.63) is 91.0 Å². The number of hydrogen-bond acceptors (Lipinski definition) is 5. The zero-order chi connectivity index (χ0) is 28.6. The van der Waals surface area contributed by atoms with Crippen LogP contribution in [0.25, 0.3) is 0 Å². The van der Waals surface area contributed by atoms with E-state index in [1.165, 1.54) is 4.90 Å². The Morgan fingerprint density at radius 3 is 2.38 bits per heavy atom. The number of carbonyl (C=O) groups excluding carboxylic acids is 3. The fourth-order valence-electron chi connectivity index (χ4n) is 5.29. The van der Waals surface area contributed by atoms with Gasteiger partial charge in [0.05, 0.1) is 17.3 Å². The first-order chi connectivity index (χ1) is 19.2. The van der Waals surface area contributed by atoms with Gasteiger partial charge in [-0.2, -0.15) is 0 Å². The van der Waals surface area contributed by atoms with Crippen LogP contribution in [-0.2, 0) is 9.59 Å². The van der Waals surface area contributed by atoms with Crippen molar-refractivity contribution >= 4 is 74.9 Å². The molecular weight excluding hydrogens is 664 g/mol. The van der Waals surface area contributed by atoms with Crippen LogP contribution >= 0.6 is 45.8 Å². The van der Waals surface area contributed by atoms with Gasteiger partial charge in [0.1, 0.15) is 12.6 Å². The SMILES string of the molecule is C[C@H](c1ccc(Cl)cc1N)N1C(=O)c2cc(I)ccc2N(CC(=O)N2CCNCC2)C(=O)C1c1ccc(Cl)cc1. The summed E-state index contributed by atoms with van der Waals surface area (Å²) < 4.78 is 0.828. The third-order valence-electron chi connectivity index (χ3n) is 7.36. The number of rotatable bonds is 5. The molecule has 2 aliphatic heterocycles. The third kappa shape index (κ3) is 5.65. The van der Waals surface area contributed by atoms with Crippen LogP contribution in [0.4, 0.5) is 11.4 Å². The Balaban J connectivity index is 1.67. The number of carbonyl (C=O) groups is 3. The second kappa shape index (κ2) is 11.9. The van der Waals surface area contributed by atoms with Gasteiger partial charge in [0.2, 0.25) is 5.91 Å². The molecule has 2 heterocycles. The summed E-state index contributed by atoms with van der Waals surface area (Å²) in [4.78, 5) is 47.2. The monoisotopic (exact) mass is 691 g/mol. The number of hydrogen-bond donors (Lipinski definition) is 2. The van der Waals surface area contributed by atoms with Crippen LogP contribution in [0.5, 0.6) is 0 Å². The topological polar surface area (TPSA) is 99.0 Å². The lowest BCUT2D eigenvalue weighted by molar-refractivity contribution is -0.132. The number of halogens is 3. The molecule has 1 fully saturated rings. The molecule has 0 saturated carbocycles. The second-order valence-electron chi connectivity index (χ2n) is 9.83. The van der Waals surface area contributed by atoms with E-state index in [0.717, 1.165) is 3.57 Å². The van der Waals surface area contributed by atoms with E-state index in [0.29, 0.717) is 64.3 Å². The number of nitrogen functional groups attached to an aromatic ring is 1. The fourth-order valence-corrected chi connectivity index (χ4v) is 6.09. The summed E-state index contributed by atoms with van der Waals surface area (Å²) in [5, 5.41) is 4.21. The molecule has 2 aliphatic rings. The summed E-state index contributed by atoms with van der Waals surface area (Å²) in [6.45, 7) is 4.14. The number of piperazine rings is 1. The summed E-state index contributed by atoms with van der Waals surface area (Å²) in [5.74, 6) is -0.913. The van der Waals surface area contributed by atoms with Crippen molar-refractivity contribution in [2.24, 2.45) is 0 Å². The standard InChI is InChI=1S/C29H28Cl2IN5O3/c1-17(22-8-6-20(31)14-24(22)33)37-27(18-2-4-19(30)5-3-18)29(40)36(16-26(38)35-12-10-34-11-13-35)25-9-7-21(32)15-23(25)28(37)39/h2-9,14-15,17,27,34H,10-13,16,33H2,1H3/t17-,27?/m1/s1. The van der Waals surface area contributed by atoms with Gasteiger partial charge in [0, 0.05) is 45.5 Å². The summed E-state index contributed by atoms with van der Waals surface area (Å²) in [6, 6.07) is 15.6. The van der Waals surface area contributed by atoms with Crippen molar-refractivity contribution in [3.63, 3.8) is 0 Å². The first-order valence-corrected chi connectivity index (χ1v) is 14.7. The Labute approximate surface area is 256 Å². The largest absolute Gasteiger partial charge is 0.398 e. The van der Waals surface area contributed by atoms with Crippen LogP contribution < -0.4 is 16.0 Å². The summed E-state index contributed by atoms with van der Waals surface area (Å²) in [7, 11) is 0. The molecule has 0 spiro atoms. The van der Waals surface area contributed by atoms with Gasteiger partial charge in [0.15, 0.2) is 0 Å². The molecule has 1 saturated heterocycles. The van der Waals surface area contributed by atoms with Gasteiger partial charge in [-0.25, -0.2) is 0 Å². The average molecular weight is 692 g/mol. The summed E-state index contributed by atoms with van der Waals surface area (Å²) >= 11 is 14.5. The van der Waals surface area contributed by atoms with Crippen LogP contribution in [0.15, 0.2) is 60.7 Å². The number of benzene rings is 3. The summed E-state index contributed by atoms with van der Waals surface area (Å²) in [6.07, 6.45) is 0. The van der Waals surface area contributed by atoms with E-state index in [2.05, 4.69) is 27.9 Å². The Morgan fingerprint density at radius 2 is 1.70 bits per heavy atom. The number of nitrogens with two attached hydrogens (primary N) is 1. The molecule has 3 aromatic carbocycles. The molecule has 5 rings (SSSR count). The van der Waals surface area contributed by atoms with Gasteiger partial charge in [-0.3, -0.25) is 14.4 Å². The predicted octanol–water partition coefficient (Wildman–Crippen LogP) is 4.90. The van der Waals surface area contributed by atoms with E-state index >= 15 is 0 Å². The van der Waals surface area contributed by atoms with Gasteiger partial charge >= 0.3 is 0 Å². The normalized spacial score (nSPS) is 18.4. The lowest BCUT2D eigenvalue weighted by Gasteiger charge is -2.36. The average Bonchev–Trinajstić information content (AvgIpc) is 3.02. The van der Waals surface area contributed by atoms with Crippen molar-refractivity contribution in [1.29, 1.82) is 0 Å². The van der Waals surface area contributed by atoms with Crippen LogP contribution in [0.1, 0.15) is 40.5 Å². The van der Waals surface area contributed by atoms with E-state index < -0.39 is 18.0 Å². The molecule has 0 aliphatic carbocycles. The highest BCUT2D eigenvalue weighted by atomic mass is 127. The minimum absolute atomic E-state index is 0.176. The van der Waals surface area contributed by atoms with Gasteiger partial charge in [-0.15, -0.1) is 0 Å². The molecule has 0 bridgehead atoms. The highest BCUT2D eigenvalue weighted by Crippen LogP contribution is 2.41. The fraction of sp³-hybridized carbons (Fsp3) is 0.276. The Bertz CT molecular complexity index is 1460. The van der Waals surface area contributed by atoms with E-state index in [1.54, 1.807) is 64.4 Å². The molecule has 1 unspecified atom stereocenters. The van der Waals surface area contributed by atoms with Crippen molar-refractivity contribution in [2.45, 2.75) is 19.0 Å². The molecule has 3 aromatic rings. The molecule has 11 heteroatoms. The van der Waals surface area contributed by atoms with Crippen LogP contribution in [-0.4, -0.2) is 60.2 Å². The Morgan fingerprint density at radius 1 is 1.02 bits per heavy atom. The van der Waals surface area contributed by atoms with Gasteiger partial charge in [0.25, 0.3) is 11.8 Å². The Hall–Kier alpha value is -2.86. The van der Waals surface area contributed by atoms with Gasteiger partial charge in [-0.1, -0.05) is 41.4 Å². The maximum Gasteiger partial charge on any atom is 0.257 e. The van der Waals surface area contributed by atoms with Crippen molar-refractivity contribution in [1.82, 2.24) is 15.1 Å². The van der Waals surface area contributed by atoms with E-state index in [4.69, 9.17) is 28.9 Å². The van der Waals surface area contributed by atoms with E-state index in [1.807, 2.05) is 13.0 Å². The molecule has 3 amide bonds. The number of nitrogens with one attached hydrogen (secondary N) is 1. The second-order valence-corrected chi connectivity index (χ2v) is 12.0. The number of anilines is 2. The number of fused-ring (bicyclic) bond motifs is 1. The molecule has 8 nitrogen and oxygen atoms in total. The van der Waals surface area contributed by atoms with Crippen molar-refractivity contribution < 1.29 is 14.4 Å². The first kappa shape index (κ1) is 28.7. The maximum absolute atomic E-state index is 14.6. The smallest absolute Gasteiger partial charge is 0.257 e. The van der Waals surface area contributed by atoms with Crippen molar-refractivity contribution in [2.75, 3.05) is 43.4 Å². The zero-order valence-corrected chi connectivity index (χ0v) is 25.4. The molecule has 3 N–H and O–H groups in total. The van der Waals surface area contributed by atoms with E-state index in [9.17, 15) is 14.4 Å².